The topological polar surface area (TPSA) is 33.4 Å². The van der Waals surface area contributed by atoms with Crippen molar-refractivity contribution in [1.82, 2.24) is 14.4 Å². The fraction of sp³-hybridized carbons (Fsp3) is 0.455. The maximum atomic E-state index is 6.48. The zero-order valence-electron chi connectivity index (χ0n) is 17.0. The standard InChI is InChI=1S/C22H28Cl2N4/c1-5-8-12-27(15(4)6-2)22-19(7-3)26-21-20(25-11-13-28(21)22)17-10-9-16(23)14-18(17)24/h9-11,13-15H,5-8,12H2,1-4H3. The van der Waals surface area contributed by atoms with Gasteiger partial charge in [0.2, 0.25) is 0 Å². The number of hydrogen-bond acceptors (Lipinski definition) is 3. The zero-order chi connectivity index (χ0) is 20.3. The van der Waals surface area contributed by atoms with E-state index in [0.717, 1.165) is 54.8 Å². The highest BCUT2D eigenvalue weighted by Crippen LogP contribution is 2.34. The molecule has 0 amide bonds. The number of aryl methyl sites for hydroxylation is 1. The highest BCUT2D eigenvalue weighted by Gasteiger charge is 2.23. The lowest BCUT2D eigenvalue weighted by Crippen LogP contribution is -2.35. The van der Waals surface area contributed by atoms with Gasteiger partial charge in [-0.05, 0) is 44.4 Å². The third kappa shape index (κ3) is 3.99. The molecule has 0 aliphatic heterocycles. The Hall–Kier alpha value is -1.78. The number of aromatic nitrogens is 3. The van der Waals surface area contributed by atoms with Crippen LogP contribution in [0.5, 0.6) is 0 Å². The van der Waals surface area contributed by atoms with Crippen LogP contribution in [0.3, 0.4) is 0 Å². The molecule has 3 rings (SSSR count). The molecule has 1 atom stereocenters. The summed E-state index contributed by atoms with van der Waals surface area (Å²) in [5.41, 5.74) is 3.56. The van der Waals surface area contributed by atoms with Crippen molar-refractivity contribution in [3.63, 3.8) is 0 Å². The molecule has 0 aliphatic carbocycles. The second-order valence-corrected chi connectivity index (χ2v) is 7.98. The molecular weight excluding hydrogens is 391 g/mol. The van der Waals surface area contributed by atoms with Crippen molar-refractivity contribution in [2.24, 2.45) is 0 Å². The highest BCUT2D eigenvalue weighted by atomic mass is 35.5. The summed E-state index contributed by atoms with van der Waals surface area (Å²) in [7, 11) is 0. The van der Waals surface area contributed by atoms with Gasteiger partial charge in [0.25, 0.3) is 0 Å². The van der Waals surface area contributed by atoms with E-state index in [1.165, 1.54) is 5.82 Å². The van der Waals surface area contributed by atoms with Crippen LogP contribution in [0.1, 0.15) is 52.7 Å². The van der Waals surface area contributed by atoms with Crippen molar-refractivity contribution in [2.45, 2.75) is 59.4 Å². The summed E-state index contributed by atoms with van der Waals surface area (Å²) in [5.74, 6) is 1.18. The van der Waals surface area contributed by atoms with Crippen molar-refractivity contribution in [3.8, 4) is 11.3 Å². The molecule has 0 aliphatic rings. The van der Waals surface area contributed by atoms with Gasteiger partial charge in [-0.1, -0.05) is 50.4 Å². The van der Waals surface area contributed by atoms with E-state index in [4.69, 9.17) is 28.2 Å². The van der Waals surface area contributed by atoms with Gasteiger partial charge in [0.1, 0.15) is 11.5 Å². The summed E-state index contributed by atoms with van der Waals surface area (Å²) in [5, 5.41) is 1.20. The number of fused-ring (bicyclic) bond motifs is 1. The number of anilines is 1. The molecule has 1 unspecified atom stereocenters. The average Bonchev–Trinajstić information content (AvgIpc) is 3.07. The fourth-order valence-corrected chi connectivity index (χ4v) is 4.01. The lowest BCUT2D eigenvalue weighted by molar-refractivity contribution is 0.585. The molecule has 0 saturated heterocycles. The third-order valence-corrected chi connectivity index (χ3v) is 5.80. The van der Waals surface area contributed by atoms with Crippen LogP contribution in [0.2, 0.25) is 10.0 Å². The summed E-state index contributed by atoms with van der Waals surface area (Å²) in [6.45, 7) is 9.92. The Labute approximate surface area is 177 Å². The number of rotatable bonds is 8. The van der Waals surface area contributed by atoms with E-state index in [1.54, 1.807) is 6.07 Å². The number of halogens is 2. The molecule has 0 saturated carbocycles. The second kappa shape index (κ2) is 9.15. The number of nitrogens with zero attached hydrogens (tertiary/aromatic N) is 4. The molecule has 1 aromatic carbocycles. The van der Waals surface area contributed by atoms with Gasteiger partial charge >= 0.3 is 0 Å². The first-order chi connectivity index (χ1) is 13.5. The minimum Gasteiger partial charge on any atom is -0.353 e. The largest absolute Gasteiger partial charge is 0.353 e. The maximum Gasteiger partial charge on any atom is 0.165 e. The average molecular weight is 419 g/mol. The minimum absolute atomic E-state index is 0.437. The van der Waals surface area contributed by atoms with Crippen molar-refractivity contribution < 1.29 is 0 Å². The summed E-state index contributed by atoms with van der Waals surface area (Å²) < 4.78 is 2.17. The first-order valence-electron chi connectivity index (χ1n) is 10.1. The number of hydrogen-bond donors (Lipinski definition) is 0. The smallest absolute Gasteiger partial charge is 0.165 e. The Morgan fingerprint density at radius 1 is 1.18 bits per heavy atom. The van der Waals surface area contributed by atoms with Gasteiger partial charge in [-0.3, -0.25) is 9.38 Å². The molecule has 6 heteroatoms. The Morgan fingerprint density at radius 3 is 2.61 bits per heavy atom. The summed E-state index contributed by atoms with van der Waals surface area (Å²) in [6.07, 6.45) is 8.10. The number of imidazole rings is 1. The first-order valence-corrected chi connectivity index (χ1v) is 10.8. The molecular formula is C22H28Cl2N4. The van der Waals surface area contributed by atoms with Crippen molar-refractivity contribution >= 4 is 34.7 Å². The van der Waals surface area contributed by atoms with Crippen molar-refractivity contribution in [1.29, 1.82) is 0 Å². The summed E-state index contributed by atoms with van der Waals surface area (Å²) in [6, 6.07) is 5.94. The minimum atomic E-state index is 0.437. The van der Waals surface area contributed by atoms with Gasteiger partial charge < -0.3 is 4.90 Å². The third-order valence-electron chi connectivity index (χ3n) is 5.26. The molecule has 2 aromatic heterocycles. The number of benzene rings is 1. The van der Waals surface area contributed by atoms with Gasteiger partial charge in [0, 0.05) is 35.6 Å². The SMILES string of the molecule is CCCCN(c1c(CC)nc2c(-c3ccc(Cl)cc3Cl)nccn12)C(C)CC. The summed E-state index contributed by atoms with van der Waals surface area (Å²) in [4.78, 5) is 12.1. The highest BCUT2D eigenvalue weighted by molar-refractivity contribution is 6.36. The van der Waals surface area contributed by atoms with E-state index in [2.05, 4.69) is 42.0 Å². The molecule has 28 heavy (non-hydrogen) atoms. The van der Waals surface area contributed by atoms with Crippen LogP contribution in [-0.4, -0.2) is 27.0 Å². The monoisotopic (exact) mass is 418 g/mol. The van der Waals surface area contributed by atoms with Crippen molar-refractivity contribution in [2.75, 3.05) is 11.4 Å². The molecule has 4 nitrogen and oxygen atoms in total. The Balaban J connectivity index is 2.22. The Morgan fingerprint density at radius 2 is 1.96 bits per heavy atom. The predicted molar refractivity (Wildman–Crippen MR) is 120 cm³/mol. The van der Waals surface area contributed by atoms with Crippen LogP contribution < -0.4 is 4.90 Å². The van der Waals surface area contributed by atoms with Crippen LogP contribution in [-0.2, 0) is 6.42 Å². The van der Waals surface area contributed by atoms with Crippen LogP contribution in [0.15, 0.2) is 30.6 Å². The Kier molecular flexibility index (Phi) is 6.84. The maximum absolute atomic E-state index is 6.48. The van der Waals surface area contributed by atoms with Crippen LogP contribution in [0.25, 0.3) is 16.9 Å². The van der Waals surface area contributed by atoms with Crippen LogP contribution >= 0.6 is 23.2 Å². The molecule has 0 bridgehead atoms. The molecule has 0 fully saturated rings. The van der Waals surface area contributed by atoms with E-state index >= 15 is 0 Å². The molecule has 2 heterocycles. The van der Waals surface area contributed by atoms with Crippen LogP contribution in [0.4, 0.5) is 5.82 Å². The van der Waals surface area contributed by atoms with E-state index in [0.29, 0.717) is 16.1 Å². The van der Waals surface area contributed by atoms with Gasteiger partial charge in [-0.15, -0.1) is 0 Å². The quantitative estimate of drug-likeness (QED) is 0.409. The molecule has 3 aromatic rings. The summed E-state index contributed by atoms with van der Waals surface area (Å²) >= 11 is 12.6. The van der Waals surface area contributed by atoms with E-state index in [9.17, 15) is 0 Å². The van der Waals surface area contributed by atoms with E-state index < -0.39 is 0 Å². The van der Waals surface area contributed by atoms with Gasteiger partial charge in [0.05, 0.1) is 10.7 Å². The van der Waals surface area contributed by atoms with Gasteiger partial charge in [-0.2, -0.15) is 0 Å². The fourth-order valence-electron chi connectivity index (χ4n) is 3.51. The lowest BCUT2D eigenvalue weighted by Gasteiger charge is -2.31. The lowest BCUT2D eigenvalue weighted by atomic mass is 10.1. The first kappa shape index (κ1) is 20.9. The van der Waals surface area contributed by atoms with E-state index in [1.807, 2.05) is 24.5 Å². The Bertz CT molecular complexity index is 951. The molecule has 0 N–H and O–H groups in total. The zero-order valence-corrected chi connectivity index (χ0v) is 18.6. The van der Waals surface area contributed by atoms with E-state index in [-0.39, 0.29) is 0 Å². The molecule has 0 spiro atoms. The number of unbranched alkanes of at least 4 members (excludes halogenated alkanes) is 1. The predicted octanol–water partition coefficient (Wildman–Crippen LogP) is 6.67. The van der Waals surface area contributed by atoms with Crippen molar-refractivity contribution in [3.05, 3.63) is 46.3 Å². The van der Waals surface area contributed by atoms with Gasteiger partial charge in [0.15, 0.2) is 5.65 Å². The molecule has 150 valence electrons. The second-order valence-electron chi connectivity index (χ2n) is 7.13. The normalized spacial score (nSPS) is 12.5. The van der Waals surface area contributed by atoms with Gasteiger partial charge in [-0.25, -0.2) is 4.98 Å². The molecule has 0 radical (unpaired) electrons. The van der Waals surface area contributed by atoms with Crippen LogP contribution in [0, 0.1) is 0 Å².